The van der Waals surface area contributed by atoms with Crippen molar-refractivity contribution in [2.75, 3.05) is 13.1 Å². The number of hydrogen-bond acceptors (Lipinski definition) is 3. The molecule has 1 aromatic carbocycles. The molecule has 2 rings (SSSR count). The Kier molecular flexibility index (Phi) is 4.51. The van der Waals surface area contributed by atoms with E-state index < -0.39 is 16.1 Å². The molecule has 20 heavy (non-hydrogen) atoms. The minimum Gasteiger partial charge on any atom is -0.353 e. The number of rotatable bonds is 3. The summed E-state index contributed by atoms with van der Waals surface area (Å²) in [7, 11) is -3.64. The van der Waals surface area contributed by atoms with Gasteiger partial charge in [0.05, 0.1) is 4.90 Å². The second-order valence-electron chi connectivity index (χ2n) is 4.74. The Bertz CT molecular complexity index is 631. The molecule has 1 saturated heterocycles. The lowest BCUT2D eigenvalue weighted by Crippen LogP contribution is -2.56. The molecule has 1 fully saturated rings. The molecule has 1 unspecified atom stereocenters. The summed E-state index contributed by atoms with van der Waals surface area (Å²) in [5.41, 5.74) is 0.848. The lowest BCUT2D eigenvalue weighted by Gasteiger charge is -2.33. The van der Waals surface area contributed by atoms with Crippen LogP contribution in [0.1, 0.15) is 18.9 Å². The van der Waals surface area contributed by atoms with Gasteiger partial charge in [0.15, 0.2) is 0 Å². The highest BCUT2D eigenvalue weighted by atomic mass is 79.9. The van der Waals surface area contributed by atoms with Crippen LogP contribution in [0.25, 0.3) is 0 Å². The summed E-state index contributed by atoms with van der Waals surface area (Å²) < 4.78 is 27.6. The highest BCUT2D eigenvalue weighted by molar-refractivity contribution is 9.10. The van der Waals surface area contributed by atoms with Gasteiger partial charge in [0.1, 0.15) is 6.04 Å². The zero-order valence-corrected chi connectivity index (χ0v) is 13.8. The largest absolute Gasteiger partial charge is 0.353 e. The molecule has 1 aromatic rings. The summed E-state index contributed by atoms with van der Waals surface area (Å²) in [6.07, 6.45) is 0.459. The van der Waals surface area contributed by atoms with Gasteiger partial charge in [0, 0.05) is 17.6 Å². The summed E-state index contributed by atoms with van der Waals surface area (Å²) in [4.78, 5) is 12.0. The molecule has 7 heteroatoms. The molecule has 0 aliphatic carbocycles. The van der Waals surface area contributed by atoms with Gasteiger partial charge in [-0.05, 0) is 37.1 Å². The number of aryl methyl sites for hydroxylation is 1. The SMILES string of the molecule is CCC1C(=O)NCCN1S(=O)(=O)c1ccc(Br)c(C)c1. The van der Waals surface area contributed by atoms with E-state index in [0.717, 1.165) is 10.0 Å². The van der Waals surface area contributed by atoms with E-state index in [0.29, 0.717) is 19.5 Å². The number of piperazine rings is 1. The molecule has 0 saturated carbocycles. The van der Waals surface area contributed by atoms with Crippen LogP contribution in [0.3, 0.4) is 0 Å². The molecule has 0 radical (unpaired) electrons. The van der Waals surface area contributed by atoms with E-state index in [9.17, 15) is 13.2 Å². The number of halogens is 1. The van der Waals surface area contributed by atoms with Crippen molar-refractivity contribution in [2.45, 2.75) is 31.2 Å². The smallest absolute Gasteiger partial charge is 0.243 e. The van der Waals surface area contributed by atoms with E-state index in [1.807, 2.05) is 13.8 Å². The summed E-state index contributed by atoms with van der Waals surface area (Å²) in [6, 6.07) is 4.27. The average Bonchev–Trinajstić information content (AvgIpc) is 2.41. The van der Waals surface area contributed by atoms with Gasteiger partial charge in [-0.15, -0.1) is 0 Å². The summed E-state index contributed by atoms with van der Waals surface area (Å²) in [5, 5.41) is 2.70. The first-order valence-corrected chi connectivity index (χ1v) is 8.67. The maximum atomic E-state index is 12.7. The van der Waals surface area contributed by atoms with Crippen molar-refractivity contribution >= 4 is 31.9 Å². The molecule has 0 aromatic heterocycles. The predicted octanol–water partition coefficient (Wildman–Crippen LogP) is 1.66. The predicted molar refractivity (Wildman–Crippen MR) is 79.9 cm³/mol. The molecule has 0 bridgehead atoms. The van der Waals surface area contributed by atoms with Crippen molar-refractivity contribution in [1.82, 2.24) is 9.62 Å². The van der Waals surface area contributed by atoms with Gasteiger partial charge in [-0.25, -0.2) is 8.42 Å². The third-order valence-electron chi connectivity index (χ3n) is 3.40. The third-order valence-corrected chi connectivity index (χ3v) is 6.20. The van der Waals surface area contributed by atoms with Gasteiger partial charge in [-0.3, -0.25) is 4.79 Å². The molecular formula is C13H17BrN2O3S. The quantitative estimate of drug-likeness (QED) is 0.891. The van der Waals surface area contributed by atoms with Crippen molar-refractivity contribution in [3.05, 3.63) is 28.2 Å². The molecule has 1 aliphatic heterocycles. The molecule has 0 spiro atoms. The van der Waals surface area contributed by atoms with Gasteiger partial charge >= 0.3 is 0 Å². The van der Waals surface area contributed by atoms with Crippen molar-refractivity contribution in [2.24, 2.45) is 0 Å². The monoisotopic (exact) mass is 360 g/mol. The first kappa shape index (κ1) is 15.5. The van der Waals surface area contributed by atoms with E-state index in [2.05, 4.69) is 21.2 Å². The van der Waals surface area contributed by atoms with Crippen LogP contribution >= 0.6 is 15.9 Å². The minimum atomic E-state index is -3.64. The number of hydrogen-bond donors (Lipinski definition) is 1. The van der Waals surface area contributed by atoms with Crippen LogP contribution < -0.4 is 5.32 Å². The van der Waals surface area contributed by atoms with E-state index in [1.165, 1.54) is 4.31 Å². The number of sulfonamides is 1. The number of amides is 1. The fourth-order valence-corrected chi connectivity index (χ4v) is 4.28. The Labute approximate surface area is 127 Å². The van der Waals surface area contributed by atoms with Crippen LogP contribution in [0.5, 0.6) is 0 Å². The molecular weight excluding hydrogens is 344 g/mol. The number of carbonyl (C=O) groups is 1. The molecule has 1 atom stereocenters. The van der Waals surface area contributed by atoms with Crippen molar-refractivity contribution < 1.29 is 13.2 Å². The van der Waals surface area contributed by atoms with Crippen LogP contribution in [0.4, 0.5) is 0 Å². The van der Waals surface area contributed by atoms with Crippen LogP contribution in [0.2, 0.25) is 0 Å². The van der Waals surface area contributed by atoms with E-state index >= 15 is 0 Å². The number of carbonyl (C=O) groups excluding carboxylic acids is 1. The maximum Gasteiger partial charge on any atom is 0.243 e. The molecule has 5 nitrogen and oxygen atoms in total. The first-order valence-electron chi connectivity index (χ1n) is 6.43. The summed E-state index contributed by atoms with van der Waals surface area (Å²) in [6.45, 7) is 4.31. The van der Waals surface area contributed by atoms with E-state index in [4.69, 9.17) is 0 Å². The lowest BCUT2D eigenvalue weighted by molar-refractivity contribution is -0.126. The highest BCUT2D eigenvalue weighted by Crippen LogP contribution is 2.25. The second-order valence-corrected chi connectivity index (χ2v) is 7.49. The van der Waals surface area contributed by atoms with E-state index in [-0.39, 0.29) is 10.8 Å². The standard InChI is InChI=1S/C13H17BrN2O3S/c1-3-12-13(17)15-6-7-16(12)20(18,19)10-4-5-11(14)9(2)8-10/h4-5,8,12H,3,6-7H2,1-2H3,(H,15,17). The Balaban J connectivity index is 2.42. The Hall–Kier alpha value is -0.920. The number of nitrogens with zero attached hydrogens (tertiary/aromatic N) is 1. The van der Waals surface area contributed by atoms with Gasteiger partial charge in [-0.2, -0.15) is 4.31 Å². The van der Waals surface area contributed by atoms with Crippen LogP contribution in [0.15, 0.2) is 27.6 Å². The number of nitrogens with one attached hydrogen (secondary N) is 1. The van der Waals surface area contributed by atoms with Crippen molar-refractivity contribution in [1.29, 1.82) is 0 Å². The zero-order chi connectivity index (χ0) is 14.9. The lowest BCUT2D eigenvalue weighted by atomic mass is 10.2. The Morgan fingerprint density at radius 3 is 2.75 bits per heavy atom. The van der Waals surface area contributed by atoms with Gasteiger partial charge in [-0.1, -0.05) is 22.9 Å². The van der Waals surface area contributed by atoms with Gasteiger partial charge in [0.25, 0.3) is 0 Å². The minimum absolute atomic E-state index is 0.226. The van der Waals surface area contributed by atoms with Crippen molar-refractivity contribution in [3.63, 3.8) is 0 Å². The maximum absolute atomic E-state index is 12.7. The first-order chi connectivity index (χ1) is 9.37. The zero-order valence-electron chi connectivity index (χ0n) is 11.4. The van der Waals surface area contributed by atoms with Gasteiger partial charge in [0.2, 0.25) is 15.9 Å². The van der Waals surface area contributed by atoms with Crippen LogP contribution in [-0.2, 0) is 14.8 Å². The number of benzene rings is 1. The van der Waals surface area contributed by atoms with Crippen LogP contribution in [0, 0.1) is 6.92 Å². The molecule has 1 amide bonds. The average molecular weight is 361 g/mol. The molecule has 1 heterocycles. The summed E-state index contributed by atoms with van der Waals surface area (Å²) >= 11 is 3.35. The second kappa shape index (κ2) is 5.83. The molecule has 1 aliphatic rings. The highest BCUT2D eigenvalue weighted by Gasteiger charge is 2.37. The normalized spacial score (nSPS) is 20.8. The van der Waals surface area contributed by atoms with Gasteiger partial charge < -0.3 is 5.32 Å². The molecule has 110 valence electrons. The molecule has 1 N–H and O–H groups in total. The topological polar surface area (TPSA) is 66.5 Å². The fraction of sp³-hybridized carbons (Fsp3) is 0.462. The summed E-state index contributed by atoms with van der Waals surface area (Å²) in [5.74, 6) is -0.226. The van der Waals surface area contributed by atoms with Crippen LogP contribution in [-0.4, -0.2) is 37.8 Å². The Morgan fingerprint density at radius 2 is 2.15 bits per heavy atom. The Morgan fingerprint density at radius 1 is 1.45 bits per heavy atom. The fourth-order valence-electron chi connectivity index (χ4n) is 2.28. The van der Waals surface area contributed by atoms with Crippen molar-refractivity contribution in [3.8, 4) is 0 Å². The third kappa shape index (κ3) is 2.75. The van der Waals surface area contributed by atoms with E-state index in [1.54, 1.807) is 18.2 Å².